The van der Waals surface area contributed by atoms with Crippen molar-refractivity contribution in [3.8, 4) is 0 Å². The summed E-state index contributed by atoms with van der Waals surface area (Å²) < 4.78 is 28.7. The third kappa shape index (κ3) is 16.9. The Bertz CT molecular complexity index is 318. The van der Waals surface area contributed by atoms with Crippen molar-refractivity contribution in [2.75, 3.05) is 52.7 Å². The number of carbonyl (C=O) groups is 2. The fourth-order valence-corrected chi connectivity index (χ4v) is 1.54. The highest BCUT2D eigenvalue weighted by Crippen LogP contribution is 1.93. The van der Waals surface area contributed by atoms with Crippen molar-refractivity contribution in [2.24, 2.45) is 0 Å². The molecule has 0 fully saturated rings. The van der Waals surface area contributed by atoms with Crippen LogP contribution >= 0.6 is 0 Å². The highest BCUT2D eigenvalue weighted by molar-refractivity contribution is 5.77. The van der Waals surface area contributed by atoms with E-state index < -0.39 is 6.17 Å². The highest BCUT2D eigenvalue weighted by atomic mass is 19.1. The average molecular weight is 336 g/mol. The summed E-state index contributed by atoms with van der Waals surface area (Å²) in [5.74, 6) is -0.379. The quantitative estimate of drug-likeness (QED) is 0.424. The maximum absolute atomic E-state index is 13.2. The second kappa shape index (κ2) is 15.6. The molecule has 7 nitrogen and oxygen atoms in total. The van der Waals surface area contributed by atoms with Crippen molar-refractivity contribution in [1.29, 1.82) is 0 Å². The van der Waals surface area contributed by atoms with Crippen molar-refractivity contribution in [3.05, 3.63) is 0 Å². The first-order valence-corrected chi connectivity index (χ1v) is 7.94. The monoisotopic (exact) mass is 336 g/mol. The molecule has 23 heavy (non-hydrogen) atoms. The predicted molar refractivity (Wildman–Crippen MR) is 84.0 cm³/mol. The molecule has 0 saturated heterocycles. The molecule has 2 N–H and O–H groups in total. The molecule has 0 aliphatic carbocycles. The molecule has 0 radical (unpaired) electrons. The number of alkyl halides is 1. The maximum atomic E-state index is 13.2. The summed E-state index contributed by atoms with van der Waals surface area (Å²) in [5, 5.41) is 5.11. The first kappa shape index (κ1) is 21.8. The average Bonchev–Trinajstić information content (AvgIpc) is 2.52. The van der Waals surface area contributed by atoms with Crippen molar-refractivity contribution in [3.63, 3.8) is 0 Å². The third-order valence-electron chi connectivity index (χ3n) is 2.67. The van der Waals surface area contributed by atoms with Crippen LogP contribution in [0.3, 0.4) is 0 Å². The van der Waals surface area contributed by atoms with Gasteiger partial charge in [-0.05, 0) is 19.8 Å². The Kier molecular flexibility index (Phi) is 14.8. The fraction of sp³-hybridized carbons (Fsp3) is 0.867. The molecule has 0 spiro atoms. The van der Waals surface area contributed by atoms with Gasteiger partial charge in [0.05, 0.1) is 13.2 Å². The number of ether oxygens (including phenoxy) is 3. The summed E-state index contributed by atoms with van der Waals surface area (Å²) in [6, 6.07) is 0. The molecule has 8 heteroatoms. The molecule has 0 heterocycles. The molecule has 136 valence electrons. The van der Waals surface area contributed by atoms with Crippen LogP contribution in [-0.2, 0) is 23.8 Å². The molecule has 0 aliphatic rings. The Hall–Kier alpha value is -1.25. The standard InChI is InChI=1S/C15H29FN2O5/c1-3-21-12-15(20)17-6-4-7-22-8-5-9-23-11-14(16)10-18-13(2)19/h14H,3-12H2,1-2H3,(H,17,20)(H,18,19). The van der Waals surface area contributed by atoms with Gasteiger partial charge in [-0.25, -0.2) is 4.39 Å². The second-order valence-corrected chi connectivity index (χ2v) is 4.92. The van der Waals surface area contributed by atoms with E-state index >= 15 is 0 Å². The number of amides is 2. The zero-order chi connectivity index (χ0) is 17.3. The van der Waals surface area contributed by atoms with Gasteiger partial charge in [0.25, 0.3) is 0 Å². The highest BCUT2D eigenvalue weighted by Gasteiger charge is 2.06. The van der Waals surface area contributed by atoms with E-state index in [1.807, 2.05) is 6.92 Å². The van der Waals surface area contributed by atoms with Crippen LogP contribution in [0.2, 0.25) is 0 Å². The summed E-state index contributed by atoms with van der Waals surface area (Å²) >= 11 is 0. The topological polar surface area (TPSA) is 85.9 Å². The lowest BCUT2D eigenvalue weighted by Gasteiger charge is -2.10. The zero-order valence-electron chi connectivity index (χ0n) is 14.1. The number of halogens is 1. The summed E-state index contributed by atoms with van der Waals surface area (Å²) in [4.78, 5) is 21.8. The van der Waals surface area contributed by atoms with Gasteiger partial charge < -0.3 is 24.8 Å². The van der Waals surface area contributed by atoms with Gasteiger partial charge in [0.2, 0.25) is 11.8 Å². The lowest BCUT2D eigenvalue weighted by Crippen LogP contribution is -2.30. The number of hydrogen-bond donors (Lipinski definition) is 2. The first-order chi connectivity index (χ1) is 11.1. The van der Waals surface area contributed by atoms with Gasteiger partial charge >= 0.3 is 0 Å². The molecular formula is C15H29FN2O5. The van der Waals surface area contributed by atoms with E-state index in [4.69, 9.17) is 14.2 Å². The van der Waals surface area contributed by atoms with Gasteiger partial charge in [-0.2, -0.15) is 0 Å². The molecule has 0 aliphatic heterocycles. The minimum atomic E-state index is -1.19. The SMILES string of the molecule is CCOCC(=O)NCCCOCCCOCC(F)CNC(C)=O. The van der Waals surface area contributed by atoms with E-state index in [1.54, 1.807) is 0 Å². The van der Waals surface area contributed by atoms with Gasteiger partial charge in [-0.3, -0.25) is 9.59 Å². The van der Waals surface area contributed by atoms with Crippen LogP contribution in [0.1, 0.15) is 26.7 Å². The lowest BCUT2D eigenvalue weighted by atomic mass is 10.4. The number of carbonyl (C=O) groups excluding carboxylic acids is 2. The molecule has 2 amide bonds. The first-order valence-electron chi connectivity index (χ1n) is 7.94. The summed E-state index contributed by atoms with van der Waals surface area (Å²) in [7, 11) is 0. The van der Waals surface area contributed by atoms with Crippen LogP contribution < -0.4 is 10.6 Å². The number of hydrogen-bond acceptors (Lipinski definition) is 5. The third-order valence-corrected chi connectivity index (χ3v) is 2.67. The van der Waals surface area contributed by atoms with E-state index in [2.05, 4.69) is 10.6 Å². The van der Waals surface area contributed by atoms with E-state index in [0.717, 1.165) is 6.42 Å². The van der Waals surface area contributed by atoms with Crippen molar-refractivity contribution in [1.82, 2.24) is 10.6 Å². The normalized spacial score (nSPS) is 12.0. The van der Waals surface area contributed by atoms with Crippen LogP contribution in [0.25, 0.3) is 0 Å². The molecule has 0 bridgehead atoms. The Morgan fingerprint density at radius 1 is 1.04 bits per heavy atom. The van der Waals surface area contributed by atoms with Gasteiger partial charge in [-0.1, -0.05) is 0 Å². The molecule has 0 saturated carbocycles. The molecule has 0 rings (SSSR count). The Morgan fingerprint density at radius 2 is 1.74 bits per heavy atom. The maximum Gasteiger partial charge on any atom is 0.245 e. The Morgan fingerprint density at radius 3 is 2.43 bits per heavy atom. The predicted octanol–water partition coefficient (Wildman–Crippen LogP) is 0.427. The van der Waals surface area contributed by atoms with Crippen LogP contribution in [0.15, 0.2) is 0 Å². The van der Waals surface area contributed by atoms with Crippen LogP contribution in [0, 0.1) is 0 Å². The number of rotatable bonds is 15. The Balaban J connectivity index is 3.21. The van der Waals surface area contributed by atoms with Crippen LogP contribution in [-0.4, -0.2) is 70.7 Å². The van der Waals surface area contributed by atoms with Crippen molar-refractivity contribution >= 4 is 11.8 Å². The minimum absolute atomic E-state index is 0.0269. The smallest absolute Gasteiger partial charge is 0.245 e. The molecular weight excluding hydrogens is 307 g/mol. The minimum Gasteiger partial charge on any atom is -0.381 e. The molecule has 0 aromatic carbocycles. The Labute approximate surface area is 137 Å². The molecule has 0 aromatic heterocycles. The number of nitrogens with one attached hydrogen (secondary N) is 2. The zero-order valence-corrected chi connectivity index (χ0v) is 14.1. The molecule has 1 unspecified atom stereocenters. The lowest BCUT2D eigenvalue weighted by molar-refractivity contribution is -0.125. The van der Waals surface area contributed by atoms with E-state index in [-0.39, 0.29) is 31.6 Å². The van der Waals surface area contributed by atoms with Gasteiger partial charge in [0.15, 0.2) is 0 Å². The van der Waals surface area contributed by atoms with Crippen molar-refractivity contribution < 1.29 is 28.2 Å². The fourth-order valence-electron chi connectivity index (χ4n) is 1.54. The van der Waals surface area contributed by atoms with E-state index in [9.17, 15) is 14.0 Å². The summed E-state index contributed by atoms with van der Waals surface area (Å²) in [5.41, 5.74) is 0. The summed E-state index contributed by atoms with van der Waals surface area (Å²) in [6.07, 6.45) is 0.200. The molecule has 1 atom stereocenters. The largest absolute Gasteiger partial charge is 0.381 e. The second-order valence-electron chi connectivity index (χ2n) is 4.92. The van der Waals surface area contributed by atoms with Gasteiger partial charge in [0, 0.05) is 39.9 Å². The van der Waals surface area contributed by atoms with Gasteiger partial charge in [-0.15, -0.1) is 0 Å². The van der Waals surface area contributed by atoms with Gasteiger partial charge in [0.1, 0.15) is 12.8 Å². The molecule has 0 aromatic rings. The van der Waals surface area contributed by atoms with Crippen LogP contribution in [0.5, 0.6) is 0 Å². The summed E-state index contributed by atoms with van der Waals surface area (Å²) in [6.45, 7) is 5.75. The van der Waals surface area contributed by atoms with E-state index in [0.29, 0.717) is 39.4 Å². The van der Waals surface area contributed by atoms with E-state index in [1.165, 1.54) is 6.92 Å². The van der Waals surface area contributed by atoms with Crippen LogP contribution in [0.4, 0.5) is 4.39 Å². The van der Waals surface area contributed by atoms with Crippen molar-refractivity contribution in [2.45, 2.75) is 32.9 Å².